The number of aromatic nitrogens is 2. The van der Waals surface area contributed by atoms with E-state index in [1.807, 2.05) is 12.1 Å². The number of ether oxygens (including phenoxy) is 1. The molecule has 2 aromatic carbocycles. The number of methoxy groups -OCH3 is 1. The summed E-state index contributed by atoms with van der Waals surface area (Å²) in [5.74, 6) is 0.869. The van der Waals surface area contributed by atoms with E-state index in [9.17, 15) is 4.79 Å². The van der Waals surface area contributed by atoms with Gasteiger partial charge in [0.15, 0.2) is 0 Å². The Morgan fingerprint density at radius 3 is 2.63 bits per heavy atom. The van der Waals surface area contributed by atoms with E-state index in [2.05, 4.69) is 15.5 Å². The zero-order valence-electron chi connectivity index (χ0n) is 14.2. The molecule has 0 saturated carbocycles. The molecule has 3 aromatic rings. The first-order valence-corrected chi connectivity index (χ1v) is 9.60. The first-order valence-electron chi connectivity index (χ1n) is 7.86. The second kappa shape index (κ2) is 9.12. The maximum absolute atomic E-state index is 12.2. The van der Waals surface area contributed by atoms with Gasteiger partial charge in [-0.05, 0) is 35.9 Å². The third-order valence-corrected chi connectivity index (χ3v) is 4.78. The van der Waals surface area contributed by atoms with Crippen molar-refractivity contribution in [3.05, 3.63) is 64.0 Å². The summed E-state index contributed by atoms with van der Waals surface area (Å²) in [5, 5.41) is 12.2. The van der Waals surface area contributed by atoms with E-state index < -0.39 is 0 Å². The smallest absolute Gasteiger partial charge is 0.277 e. The van der Waals surface area contributed by atoms with Crippen LogP contribution in [-0.2, 0) is 11.2 Å². The van der Waals surface area contributed by atoms with Crippen LogP contribution in [0, 0.1) is 0 Å². The molecule has 0 bridgehead atoms. The number of amides is 1. The van der Waals surface area contributed by atoms with E-state index >= 15 is 0 Å². The van der Waals surface area contributed by atoms with Crippen LogP contribution < -0.4 is 10.1 Å². The number of halogens is 2. The summed E-state index contributed by atoms with van der Waals surface area (Å²) in [5.41, 5.74) is 1.51. The van der Waals surface area contributed by atoms with Crippen LogP contribution in [0.5, 0.6) is 5.75 Å². The van der Waals surface area contributed by atoms with Gasteiger partial charge < -0.3 is 14.5 Å². The third kappa shape index (κ3) is 5.63. The highest BCUT2D eigenvalue weighted by molar-refractivity contribution is 7.99. The van der Waals surface area contributed by atoms with E-state index in [4.69, 9.17) is 32.4 Å². The molecule has 1 N–H and O–H groups in total. The molecule has 0 aliphatic rings. The molecule has 0 aliphatic carbocycles. The van der Waals surface area contributed by atoms with Gasteiger partial charge in [-0.15, -0.1) is 10.2 Å². The molecule has 0 unspecified atom stereocenters. The fourth-order valence-electron chi connectivity index (χ4n) is 2.24. The molecular weight excluding hydrogens is 409 g/mol. The fourth-order valence-corrected chi connectivity index (χ4v) is 3.11. The van der Waals surface area contributed by atoms with E-state index in [-0.39, 0.29) is 11.7 Å². The number of rotatable bonds is 7. The lowest BCUT2D eigenvalue weighted by molar-refractivity contribution is -0.113. The first kappa shape index (κ1) is 19.5. The van der Waals surface area contributed by atoms with Crippen molar-refractivity contribution in [2.75, 3.05) is 18.2 Å². The standard InChI is InChI=1S/C18H15Cl2N3O3S/c1-25-15-7-6-13(20)9-14(15)21-16(24)10-27-18-23-22-17(26-18)8-11-2-4-12(19)5-3-11/h2-7,9H,8,10H2,1H3,(H,21,24). The average Bonchev–Trinajstić information content (AvgIpc) is 3.10. The number of nitrogens with zero attached hydrogens (tertiary/aromatic N) is 2. The topological polar surface area (TPSA) is 77.2 Å². The minimum atomic E-state index is -0.238. The van der Waals surface area contributed by atoms with Gasteiger partial charge in [0, 0.05) is 10.0 Å². The third-order valence-electron chi connectivity index (χ3n) is 3.48. The molecule has 6 nitrogen and oxygen atoms in total. The molecule has 9 heteroatoms. The molecule has 140 valence electrons. The highest BCUT2D eigenvalue weighted by Gasteiger charge is 2.12. The minimum absolute atomic E-state index is 0.109. The lowest BCUT2D eigenvalue weighted by Crippen LogP contribution is -2.14. The highest BCUT2D eigenvalue weighted by atomic mass is 35.5. The van der Waals surface area contributed by atoms with Gasteiger partial charge in [-0.25, -0.2) is 0 Å². The van der Waals surface area contributed by atoms with Crippen LogP contribution in [0.3, 0.4) is 0 Å². The summed E-state index contributed by atoms with van der Waals surface area (Å²) in [6.45, 7) is 0. The molecule has 1 amide bonds. The molecule has 0 fully saturated rings. The summed E-state index contributed by atoms with van der Waals surface area (Å²) in [4.78, 5) is 12.2. The van der Waals surface area contributed by atoms with Crippen LogP contribution in [0.25, 0.3) is 0 Å². The highest BCUT2D eigenvalue weighted by Crippen LogP contribution is 2.28. The zero-order valence-corrected chi connectivity index (χ0v) is 16.6. The summed E-state index contributed by atoms with van der Waals surface area (Å²) in [6, 6.07) is 12.4. The molecule has 1 aromatic heterocycles. The molecule has 27 heavy (non-hydrogen) atoms. The van der Waals surface area contributed by atoms with E-state index in [0.717, 1.165) is 17.3 Å². The lowest BCUT2D eigenvalue weighted by Gasteiger charge is -2.09. The Morgan fingerprint density at radius 2 is 1.89 bits per heavy atom. The summed E-state index contributed by atoms with van der Waals surface area (Å²) >= 11 is 13.0. The van der Waals surface area contributed by atoms with Crippen molar-refractivity contribution in [3.8, 4) is 5.75 Å². The SMILES string of the molecule is COc1ccc(Cl)cc1NC(=O)CSc1nnc(Cc2ccc(Cl)cc2)o1. The van der Waals surface area contributed by atoms with Crippen LogP contribution in [-0.4, -0.2) is 29.0 Å². The van der Waals surface area contributed by atoms with E-state index in [1.165, 1.54) is 7.11 Å². The molecule has 3 rings (SSSR count). The predicted molar refractivity (Wildman–Crippen MR) is 106 cm³/mol. The summed E-state index contributed by atoms with van der Waals surface area (Å²) in [7, 11) is 1.52. The Bertz CT molecular complexity index is 932. The summed E-state index contributed by atoms with van der Waals surface area (Å²) < 4.78 is 10.8. The molecule has 0 saturated heterocycles. The Hall–Kier alpha value is -2.22. The van der Waals surface area contributed by atoms with Gasteiger partial charge in [0.1, 0.15) is 5.75 Å². The van der Waals surface area contributed by atoms with Crippen molar-refractivity contribution in [1.82, 2.24) is 10.2 Å². The van der Waals surface area contributed by atoms with Crippen molar-refractivity contribution in [3.63, 3.8) is 0 Å². The number of nitrogens with one attached hydrogen (secondary N) is 1. The Kier molecular flexibility index (Phi) is 6.60. The molecule has 0 radical (unpaired) electrons. The van der Waals surface area contributed by atoms with Gasteiger partial charge in [-0.3, -0.25) is 4.79 Å². The molecule has 1 heterocycles. The van der Waals surface area contributed by atoms with Crippen LogP contribution in [0.15, 0.2) is 52.1 Å². The van der Waals surface area contributed by atoms with E-state index in [0.29, 0.717) is 39.0 Å². The van der Waals surface area contributed by atoms with Gasteiger partial charge in [-0.2, -0.15) is 0 Å². The Labute approximate surface area is 170 Å². The van der Waals surface area contributed by atoms with Gasteiger partial charge in [-0.1, -0.05) is 47.1 Å². The van der Waals surface area contributed by atoms with Crippen molar-refractivity contribution in [1.29, 1.82) is 0 Å². The second-order valence-corrected chi connectivity index (χ2v) is 7.25. The monoisotopic (exact) mass is 423 g/mol. The van der Waals surface area contributed by atoms with Gasteiger partial charge >= 0.3 is 0 Å². The summed E-state index contributed by atoms with van der Waals surface area (Å²) in [6.07, 6.45) is 0.497. The lowest BCUT2D eigenvalue weighted by atomic mass is 10.1. The molecular formula is C18H15Cl2N3O3S. The number of hydrogen-bond acceptors (Lipinski definition) is 6. The Morgan fingerprint density at radius 1 is 1.15 bits per heavy atom. The number of benzene rings is 2. The minimum Gasteiger partial charge on any atom is -0.495 e. The molecule has 0 spiro atoms. The van der Waals surface area contributed by atoms with Crippen molar-refractivity contribution in [2.24, 2.45) is 0 Å². The van der Waals surface area contributed by atoms with E-state index in [1.54, 1.807) is 30.3 Å². The number of anilines is 1. The predicted octanol–water partition coefficient (Wildman–Crippen LogP) is 4.71. The van der Waals surface area contributed by atoms with Crippen molar-refractivity contribution < 1.29 is 13.9 Å². The van der Waals surface area contributed by atoms with Gasteiger partial charge in [0.2, 0.25) is 11.8 Å². The van der Waals surface area contributed by atoms with Crippen molar-refractivity contribution in [2.45, 2.75) is 11.6 Å². The quantitative estimate of drug-likeness (QED) is 0.554. The first-order chi connectivity index (χ1) is 13.0. The van der Waals surface area contributed by atoms with Crippen LogP contribution >= 0.6 is 35.0 Å². The Balaban J connectivity index is 1.54. The second-order valence-electron chi connectivity index (χ2n) is 5.45. The molecule has 0 atom stereocenters. The van der Waals surface area contributed by atoms with Crippen LogP contribution in [0.1, 0.15) is 11.5 Å². The normalized spacial score (nSPS) is 10.6. The number of thioether (sulfide) groups is 1. The van der Waals surface area contributed by atoms with Gasteiger partial charge in [0.05, 0.1) is 25.0 Å². The maximum Gasteiger partial charge on any atom is 0.277 e. The number of carbonyl (C=O) groups is 1. The number of hydrogen-bond donors (Lipinski definition) is 1. The van der Waals surface area contributed by atoms with Crippen LogP contribution in [0.4, 0.5) is 5.69 Å². The largest absolute Gasteiger partial charge is 0.495 e. The zero-order chi connectivity index (χ0) is 19.2. The average molecular weight is 424 g/mol. The van der Waals surface area contributed by atoms with Crippen molar-refractivity contribution >= 4 is 46.6 Å². The van der Waals surface area contributed by atoms with Gasteiger partial charge in [0.25, 0.3) is 5.22 Å². The maximum atomic E-state index is 12.2. The fraction of sp³-hybridized carbons (Fsp3) is 0.167. The molecule has 0 aliphatic heterocycles. The van der Waals surface area contributed by atoms with Crippen LogP contribution in [0.2, 0.25) is 10.0 Å². The number of carbonyl (C=O) groups excluding carboxylic acids is 1.